The minimum atomic E-state index is -0.276. The van der Waals surface area contributed by atoms with Gasteiger partial charge < -0.3 is 15.2 Å². The van der Waals surface area contributed by atoms with Crippen LogP contribution in [0.2, 0.25) is 0 Å². The van der Waals surface area contributed by atoms with Crippen LogP contribution in [0, 0.1) is 5.82 Å². The molecule has 2 aliphatic rings. The van der Waals surface area contributed by atoms with Crippen LogP contribution in [-0.2, 0) is 6.42 Å². The van der Waals surface area contributed by atoms with Crippen molar-refractivity contribution < 1.29 is 8.78 Å². The van der Waals surface area contributed by atoms with Crippen LogP contribution in [0.1, 0.15) is 42.6 Å². The largest absolute Gasteiger partial charge is 0.380 e. The summed E-state index contributed by atoms with van der Waals surface area (Å²) >= 11 is 0. The van der Waals surface area contributed by atoms with Crippen LogP contribution in [0.3, 0.4) is 0 Å². The van der Waals surface area contributed by atoms with E-state index in [1.54, 1.807) is 6.07 Å². The fraction of sp³-hybridized carbons (Fsp3) is 0.407. The van der Waals surface area contributed by atoms with Crippen molar-refractivity contribution in [2.45, 2.75) is 38.3 Å². The van der Waals surface area contributed by atoms with E-state index in [0.717, 1.165) is 61.6 Å². The van der Waals surface area contributed by atoms with Crippen LogP contribution >= 0.6 is 0 Å². The number of halogens is 2. The fourth-order valence-corrected chi connectivity index (χ4v) is 5.31. The summed E-state index contributed by atoms with van der Waals surface area (Å²) in [6.45, 7) is 9.45. The van der Waals surface area contributed by atoms with Gasteiger partial charge in [-0.1, -0.05) is 37.8 Å². The predicted molar refractivity (Wildman–Crippen MR) is 131 cm³/mol. The normalized spacial score (nSPS) is 18.9. The Kier molecular flexibility index (Phi) is 6.11. The zero-order chi connectivity index (χ0) is 22.9. The number of fused-ring (bicyclic) bond motifs is 3. The maximum Gasteiger partial charge on any atom is 0.130 e. The van der Waals surface area contributed by atoms with Gasteiger partial charge in [-0.3, -0.25) is 9.29 Å². The van der Waals surface area contributed by atoms with E-state index in [2.05, 4.69) is 51.8 Å². The number of hydrogen-bond donors (Lipinski definition) is 2. The van der Waals surface area contributed by atoms with Crippen LogP contribution in [-0.4, -0.2) is 53.7 Å². The Balaban J connectivity index is 1.42. The van der Waals surface area contributed by atoms with E-state index < -0.39 is 0 Å². The standard InChI is InChI=1S/C27H32F2N4/c1-3-18(2)33-14-11-22-21-7-4-5-8-25(21)31-26(22)27(33)23-10-9-19(15-24(23)29)30-20-16-32(17-20)13-6-12-28/h4-5,7-10,15,20,27,30-31H,2-3,6,11-14,16-17H2,1H3/t27-/m1/s1. The number of anilines is 1. The Hall–Kier alpha value is -2.86. The molecule has 1 saturated heterocycles. The summed E-state index contributed by atoms with van der Waals surface area (Å²) in [5, 5.41) is 4.65. The molecule has 174 valence electrons. The third-order valence-corrected chi connectivity index (χ3v) is 7.08. The highest BCUT2D eigenvalue weighted by Crippen LogP contribution is 2.41. The van der Waals surface area contributed by atoms with Crippen LogP contribution in [0.5, 0.6) is 0 Å². The van der Waals surface area contributed by atoms with Crippen LogP contribution < -0.4 is 5.32 Å². The van der Waals surface area contributed by atoms with Crippen molar-refractivity contribution in [3.8, 4) is 0 Å². The number of aromatic nitrogens is 1. The minimum absolute atomic E-state index is 0.209. The topological polar surface area (TPSA) is 34.3 Å². The predicted octanol–water partition coefficient (Wildman–Crippen LogP) is 5.63. The maximum atomic E-state index is 15.6. The highest BCUT2D eigenvalue weighted by atomic mass is 19.1. The van der Waals surface area contributed by atoms with E-state index >= 15 is 4.39 Å². The van der Waals surface area contributed by atoms with Crippen molar-refractivity contribution >= 4 is 16.6 Å². The number of nitrogens with zero attached hydrogens (tertiary/aromatic N) is 2. The molecule has 2 N–H and O–H groups in total. The Labute approximate surface area is 194 Å². The van der Waals surface area contributed by atoms with Crippen molar-refractivity contribution in [2.75, 3.05) is 38.2 Å². The summed E-state index contributed by atoms with van der Waals surface area (Å²) in [5.74, 6) is -0.209. The molecule has 2 aromatic carbocycles. The van der Waals surface area contributed by atoms with Gasteiger partial charge >= 0.3 is 0 Å². The molecule has 1 atom stereocenters. The van der Waals surface area contributed by atoms with Crippen molar-refractivity contribution in [1.29, 1.82) is 0 Å². The second-order valence-corrected chi connectivity index (χ2v) is 9.21. The Morgan fingerprint density at radius 2 is 2.03 bits per heavy atom. The monoisotopic (exact) mass is 450 g/mol. The molecule has 0 unspecified atom stereocenters. The Morgan fingerprint density at radius 3 is 2.79 bits per heavy atom. The summed E-state index contributed by atoms with van der Waals surface area (Å²) in [6, 6.07) is 13.9. The van der Waals surface area contributed by atoms with E-state index in [4.69, 9.17) is 0 Å². The van der Waals surface area contributed by atoms with E-state index in [9.17, 15) is 4.39 Å². The molecule has 0 amide bonds. The molecule has 0 saturated carbocycles. The lowest BCUT2D eigenvalue weighted by Crippen LogP contribution is -2.54. The molecule has 2 aliphatic heterocycles. The summed E-state index contributed by atoms with van der Waals surface area (Å²) in [4.78, 5) is 8.06. The van der Waals surface area contributed by atoms with E-state index in [-0.39, 0.29) is 24.6 Å². The first kappa shape index (κ1) is 22.0. The molecule has 1 fully saturated rings. The lowest BCUT2D eigenvalue weighted by atomic mass is 9.91. The van der Waals surface area contributed by atoms with Gasteiger partial charge in [0.2, 0.25) is 0 Å². The molecule has 5 rings (SSSR count). The fourth-order valence-electron chi connectivity index (χ4n) is 5.31. The minimum Gasteiger partial charge on any atom is -0.380 e. The van der Waals surface area contributed by atoms with Gasteiger partial charge in [-0.05, 0) is 43.0 Å². The summed E-state index contributed by atoms with van der Waals surface area (Å²) in [6.07, 6.45) is 2.32. The molecule has 3 aromatic rings. The van der Waals surface area contributed by atoms with Gasteiger partial charge in [-0.25, -0.2) is 4.39 Å². The number of nitrogens with one attached hydrogen (secondary N) is 2. The lowest BCUT2D eigenvalue weighted by molar-refractivity contribution is 0.155. The van der Waals surface area contributed by atoms with E-state index in [1.165, 1.54) is 10.9 Å². The first-order valence-corrected chi connectivity index (χ1v) is 12.0. The van der Waals surface area contributed by atoms with Crippen LogP contribution in [0.25, 0.3) is 10.9 Å². The number of benzene rings is 2. The smallest absolute Gasteiger partial charge is 0.130 e. The Bertz CT molecular complexity index is 1150. The summed E-state index contributed by atoms with van der Waals surface area (Å²) in [7, 11) is 0. The van der Waals surface area contributed by atoms with Gasteiger partial charge in [0.1, 0.15) is 5.82 Å². The third kappa shape index (κ3) is 4.12. The highest BCUT2D eigenvalue weighted by molar-refractivity contribution is 5.85. The average molecular weight is 451 g/mol. The molecule has 1 aromatic heterocycles. The molecule has 4 nitrogen and oxygen atoms in total. The van der Waals surface area contributed by atoms with E-state index in [1.807, 2.05) is 18.2 Å². The SMILES string of the molecule is C=C(CC)N1CCc2c([nH]c3ccccc23)[C@H]1c1ccc(NC2CN(CCCF)C2)cc1F. The van der Waals surface area contributed by atoms with Gasteiger partial charge in [0.25, 0.3) is 0 Å². The number of alkyl halides is 1. The van der Waals surface area contributed by atoms with Crippen molar-refractivity contribution in [2.24, 2.45) is 0 Å². The average Bonchev–Trinajstić information content (AvgIpc) is 3.18. The first-order chi connectivity index (χ1) is 16.1. The second kappa shape index (κ2) is 9.18. The molecule has 0 spiro atoms. The Morgan fingerprint density at radius 1 is 1.21 bits per heavy atom. The van der Waals surface area contributed by atoms with Crippen LogP contribution in [0.4, 0.5) is 14.5 Å². The number of allylic oxidation sites excluding steroid dienone is 1. The molecule has 0 aliphatic carbocycles. The molecule has 33 heavy (non-hydrogen) atoms. The lowest BCUT2D eigenvalue weighted by Gasteiger charge is -2.40. The number of rotatable bonds is 8. The quantitative estimate of drug-likeness (QED) is 0.467. The number of para-hydroxylation sites is 1. The van der Waals surface area contributed by atoms with Gasteiger partial charge in [-0.15, -0.1) is 0 Å². The highest BCUT2D eigenvalue weighted by Gasteiger charge is 2.34. The number of H-pyrrole nitrogens is 1. The number of aromatic amines is 1. The number of likely N-dealkylation sites (tertiary alicyclic amines) is 1. The van der Waals surface area contributed by atoms with Crippen LogP contribution in [0.15, 0.2) is 54.7 Å². The zero-order valence-corrected chi connectivity index (χ0v) is 19.2. The molecule has 0 radical (unpaired) electrons. The van der Waals surface area contributed by atoms with Gasteiger partial charge in [0.15, 0.2) is 0 Å². The molecular weight excluding hydrogens is 418 g/mol. The molecule has 6 heteroatoms. The maximum absolute atomic E-state index is 15.6. The number of hydrogen-bond acceptors (Lipinski definition) is 3. The molecular formula is C27H32F2N4. The molecule has 0 bridgehead atoms. The van der Waals surface area contributed by atoms with Gasteiger partial charge in [-0.2, -0.15) is 0 Å². The van der Waals surface area contributed by atoms with Crippen molar-refractivity contribution in [1.82, 2.24) is 14.8 Å². The van der Waals surface area contributed by atoms with Crippen molar-refractivity contribution in [3.63, 3.8) is 0 Å². The van der Waals surface area contributed by atoms with Gasteiger partial charge in [0.05, 0.1) is 18.8 Å². The van der Waals surface area contributed by atoms with Crippen molar-refractivity contribution in [3.05, 3.63) is 77.4 Å². The van der Waals surface area contributed by atoms with Gasteiger partial charge in [0, 0.05) is 59.7 Å². The first-order valence-electron chi connectivity index (χ1n) is 12.0. The van der Waals surface area contributed by atoms with E-state index in [0.29, 0.717) is 12.0 Å². The summed E-state index contributed by atoms with van der Waals surface area (Å²) < 4.78 is 27.9. The second-order valence-electron chi connectivity index (χ2n) is 9.21. The summed E-state index contributed by atoms with van der Waals surface area (Å²) in [5.41, 5.74) is 5.92. The molecule has 3 heterocycles. The third-order valence-electron chi connectivity index (χ3n) is 7.08. The zero-order valence-electron chi connectivity index (χ0n) is 19.2.